The summed E-state index contributed by atoms with van der Waals surface area (Å²) in [4.78, 5) is 35.9. The maximum Gasteiger partial charge on any atom is 0.328 e. The number of hydrogen-bond donors (Lipinski definition) is 2. The van der Waals surface area contributed by atoms with Gasteiger partial charge in [-0.05, 0) is 44.1 Å². The van der Waals surface area contributed by atoms with Crippen LogP contribution in [-0.4, -0.2) is 73.6 Å². The molecule has 0 unspecified atom stereocenters. The van der Waals surface area contributed by atoms with Crippen molar-refractivity contribution in [3.8, 4) is 5.75 Å². The quantitative estimate of drug-likeness (QED) is 0.533. The van der Waals surface area contributed by atoms with Crippen LogP contribution >= 0.6 is 0 Å². The fourth-order valence-corrected chi connectivity index (χ4v) is 4.84. The lowest BCUT2D eigenvalue weighted by Gasteiger charge is -2.31. The number of rotatable bonds is 8. The van der Waals surface area contributed by atoms with Gasteiger partial charge in [0.25, 0.3) is 0 Å². The number of fused-ring (bicyclic) bond motifs is 1. The highest BCUT2D eigenvalue weighted by molar-refractivity contribution is 5.85. The van der Waals surface area contributed by atoms with E-state index < -0.39 is 12.0 Å². The van der Waals surface area contributed by atoms with Crippen molar-refractivity contribution in [2.24, 2.45) is 5.92 Å². The van der Waals surface area contributed by atoms with Gasteiger partial charge in [-0.2, -0.15) is 0 Å². The van der Waals surface area contributed by atoms with Gasteiger partial charge in [-0.3, -0.25) is 4.98 Å². The van der Waals surface area contributed by atoms with E-state index in [4.69, 9.17) is 14.2 Å². The van der Waals surface area contributed by atoms with Gasteiger partial charge in [-0.25, -0.2) is 14.6 Å². The molecule has 2 aromatic rings. The van der Waals surface area contributed by atoms with E-state index in [0.717, 1.165) is 61.2 Å². The number of nitrogens with zero attached hydrogens (tertiary/aromatic N) is 3. The van der Waals surface area contributed by atoms with Crippen LogP contribution in [0.3, 0.4) is 0 Å². The van der Waals surface area contributed by atoms with Crippen LogP contribution in [0.15, 0.2) is 24.5 Å². The van der Waals surface area contributed by atoms with Crippen LogP contribution in [0.4, 0.5) is 10.5 Å². The Labute approximate surface area is 212 Å². The van der Waals surface area contributed by atoms with Gasteiger partial charge in [0, 0.05) is 43.3 Å². The molecule has 0 spiro atoms. The molecular weight excluding hydrogens is 462 g/mol. The summed E-state index contributed by atoms with van der Waals surface area (Å²) >= 11 is 0. The summed E-state index contributed by atoms with van der Waals surface area (Å²) in [5, 5.41) is 5.78. The van der Waals surface area contributed by atoms with Crippen LogP contribution in [0.5, 0.6) is 5.75 Å². The number of ether oxygens (including phenoxy) is 3. The van der Waals surface area contributed by atoms with Crippen LogP contribution in [0.25, 0.3) is 11.0 Å². The monoisotopic (exact) mass is 499 g/mol. The van der Waals surface area contributed by atoms with Crippen LogP contribution in [0, 0.1) is 5.92 Å². The van der Waals surface area contributed by atoms with Crippen LogP contribution in [-0.2, 0) is 14.3 Å². The second-order valence-electron chi connectivity index (χ2n) is 9.88. The maximum atomic E-state index is 12.5. The summed E-state index contributed by atoms with van der Waals surface area (Å²) in [7, 11) is 1.34. The van der Waals surface area contributed by atoms with Gasteiger partial charge in [0.15, 0.2) is 0 Å². The summed E-state index contributed by atoms with van der Waals surface area (Å²) in [6.07, 6.45) is 7.13. The molecule has 1 aliphatic heterocycles. The topological polar surface area (TPSA) is 115 Å². The maximum absolute atomic E-state index is 12.5. The minimum Gasteiger partial charge on any atom is -0.488 e. The van der Waals surface area contributed by atoms with E-state index in [1.165, 1.54) is 7.11 Å². The van der Waals surface area contributed by atoms with Gasteiger partial charge in [-0.1, -0.05) is 13.8 Å². The molecule has 2 amide bonds. The fourth-order valence-electron chi connectivity index (χ4n) is 4.84. The van der Waals surface area contributed by atoms with E-state index in [1.807, 2.05) is 13.8 Å². The number of methoxy groups -OCH3 is 1. The summed E-state index contributed by atoms with van der Waals surface area (Å²) in [6.45, 7) is 7.08. The SMILES string of the molecule is COC(=O)[C@H](CC(C)C)NC(=O)N[C@H]1CC[C@@H](Oc2cc(N3CCOCC3)cc3nccnc23)CC1. The molecule has 1 atom stereocenters. The van der Waals surface area contributed by atoms with Crippen molar-refractivity contribution >= 4 is 28.7 Å². The van der Waals surface area contributed by atoms with Crippen molar-refractivity contribution in [2.75, 3.05) is 38.3 Å². The highest BCUT2D eigenvalue weighted by Crippen LogP contribution is 2.33. The Hall–Kier alpha value is -3.14. The van der Waals surface area contributed by atoms with E-state index >= 15 is 0 Å². The number of anilines is 1. The first-order chi connectivity index (χ1) is 17.4. The minimum atomic E-state index is -0.650. The molecule has 1 aliphatic carbocycles. The molecule has 1 aromatic heterocycles. The van der Waals surface area contributed by atoms with Gasteiger partial charge >= 0.3 is 12.0 Å². The number of carbonyl (C=O) groups is 2. The van der Waals surface area contributed by atoms with Gasteiger partial charge in [0.1, 0.15) is 17.3 Å². The molecule has 10 nitrogen and oxygen atoms in total. The van der Waals surface area contributed by atoms with E-state index in [-0.39, 0.29) is 24.1 Å². The van der Waals surface area contributed by atoms with Crippen molar-refractivity contribution in [1.82, 2.24) is 20.6 Å². The third-order valence-electron chi connectivity index (χ3n) is 6.70. The Kier molecular flexibility index (Phi) is 8.79. The standard InChI is InChI=1S/C26H37N5O5/c1-17(2)14-22(25(32)34-3)30-26(33)29-18-4-6-20(7-5-18)36-23-16-19(31-10-12-35-13-11-31)15-21-24(23)28-9-8-27-21/h8-9,15-18,20,22H,4-7,10-14H2,1-3H3,(H2,29,30,33)/t18-,20+,22-/m0/s1. The Balaban J connectivity index is 1.34. The Morgan fingerprint density at radius 3 is 2.53 bits per heavy atom. The van der Waals surface area contributed by atoms with Gasteiger partial charge in [0.2, 0.25) is 0 Å². The number of morpholine rings is 1. The molecule has 2 fully saturated rings. The first kappa shape index (κ1) is 25.9. The molecule has 10 heteroatoms. The first-order valence-corrected chi connectivity index (χ1v) is 12.8. The summed E-state index contributed by atoms with van der Waals surface area (Å²) < 4.78 is 16.8. The van der Waals surface area contributed by atoms with Crippen molar-refractivity contribution in [2.45, 2.75) is 64.1 Å². The number of urea groups is 1. The molecule has 2 aliphatic rings. The lowest BCUT2D eigenvalue weighted by Crippen LogP contribution is -2.50. The molecule has 2 heterocycles. The van der Waals surface area contributed by atoms with Crippen LogP contribution in [0.1, 0.15) is 46.0 Å². The number of benzene rings is 1. The largest absolute Gasteiger partial charge is 0.488 e. The van der Waals surface area contributed by atoms with Gasteiger partial charge in [-0.15, -0.1) is 0 Å². The molecule has 0 bridgehead atoms. The fraction of sp³-hybridized carbons (Fsp3) is 0.615. The Morgan fingerprint density at radius 1 is 1.11 bits per heavy atom. The summed E-state index contributed by atoms with van der Waals surface area (Å²) in [5.41, 5.74) is 2.63. The predicted molar refractivity (Wildman–Crippen MR) is 136 cm³/mol. The van der Waals surface area contributed by atoms with Crippen LogP contribution in [0.2, 0.25) is 0 Å². The second kappa shape index (κ2) is 12.2. The highest BCUT2D eigenvalue weighted by atomic mass is 16.5. The molecule has 1 aromatic carbocycles. The van der Waals surface area contributed by atoms with E-state index in [2.05, 4.69) is 37.6 Å². The van der Waals surface area contributed by atoms with Crippen LogP contribution < -0.4 is 20.3 Å². The van der Waals surface area contributed by atoms with E-state index in [1.54, 1.807) is 12.4 Å². The normalized spacial score (nSPS) is 21.2. The van der Waals surface area contributed by atoms with Gasteiger partial charge in [0.05, 0.1) is 31.9 Å². The number of hydrogen-bond acceptors (Lipinski definition) is 8. The van der Waals surface area contributed by atoms with E-state index in [0.29, 0.717) is 19.6 Å². The average molecular weight is 500 g/mol. The lowest BCUT2D eigenvalue weighted by atomic mass is 9.93. The Morgan fingerprint density at radius 2 is 1.83 bits per heavy atom. The van der Waals surface area contributed by atoms with E-state index in [9.17, 15) is 9.59 Å². The predicted octanol–water partition coefficient (Wildman–Crippen LogP) is 3.04. The number of nitrogens with one attached hydrogen (secondary N) is 2. The summed E-state index contributed by atoms with van der Waals surface area (Å²) in [5.74, 6) is 0.570. The smallest absolute Gasteiger partial charge is 0.328 e. The van der Waals surface area contributed by atoms with Gasteiger partial charge < -0.3 is 29.7 Å². The molecule has 4 rings (SSSR count). The second-order valence-corrected chi connectivity index (χ2v) is 9.88. The third kappa shape index (κ3) is 6.75. The van der Waals surface area contributed by atoms with Crippen molar-refractivity contribution < 1.29 is 23.8 Å². The zero-order valence-corrected chi connectivity index (χ0v) is 21.4. The number of aromatic nitrogens is 2. The van der Waals surface area contributed by atoms with Crippen molar-refractivity contribution in [1.29, 1.82) is 0 Å². The molecule has 36 heavy (non-hydrogen) atoms. The van der Waals surface area contributed by atoms with Crippen molar-refractivity contribution in [3.05, 3.63) is 24.5 Å². The lowest BCUT2D eigenvalue weighted by molar-refractivity contribution is -0.143. The zero-order valence-electron chi connectivity index (χ0n) is 21.4. The highest BCUT2D eigenvalue weighted by Gasteiger charge is 2.27. The molecular formula is C26H37N5O5. The molecule has 0 radical (unpaired) electrons. The number of carbonyl (C=O) groups excluding carboxylic acids is 2. The Bertz CT molecular complexity index is 1030. The average Bonchev–Trinajstić information content (AvgIpc) is 2.89. The third-order valence-corrected chi connectivity index (χ3v) is 6.70. The minimum absolute atomic E-state index is 0.0263. The number of amides is 2. The van der Waals surface area contributed by atoms with Crippen molar-refractivity contribution in [3.63, 3.8) is 0 Å². The molecule has 1 saturated carbocycles. The number of esters is 1. The molecule has 2 N–H and O–H groups in total. The zero-order chi connectivity index (χ0) is 25.5. The first-order valence-electron chi connectivity index (χ1n) is 12.8. The molecule has 196 valence electrons. The molecule has 1 saturated heterocycles. The summed E-state index contributed by atoms with van der Waals surface area (Å²) in [6, 6.07) is 3.15.